The molecule has 0 bridgehead atoms. The number of anilines is 1. The molecule has 0 aliphatic carbocycles. The van der Waals surface area contributed by atoms with E-state index < -0.39 is 0 Å². The standard InChI is InChI=1S/C22H29NO3/c1-15(2)23(19-14-16(3)10-11-17(19)4)21(24)13-12-18-8-7-9-20(25-5)22(18)26-6/h7-11,14-15H,12-13H2,1-6H3. The third-order valence-electron chi connectivity index (χ3n) is 4.50. The predicted molar refractivity (Wildman–Crippen MR) is 106 cm³/mol. The monoisotopic (exact) mass is 355 g/mol. The van der Waals surface area contributed by atoms with Crippen LogP contribution in [0.1, 0.15) is 37.0 Å². The average molecular weight is 355 g/mol. The Hall–Kier alpha value is -2.49. The van der Waals surface area contributed by atoms with Gasteiger partial charge in [0.2, 0.25) is 5.91 Å². The summed E-state index contributed by atoms with van der Waals surface area (Å²) in [5.74, 6) is 1.50. The molecule has 2 aromatic rings. The van der Waals surface area contributed by atoms with Gasteiger partial charge < -0.3 is 14.4 Å². The van der Waals surface area contributed by atoms with Gasteiger partial charge in [0, 0.05) is 18.2 Å². The second kappa shape index (κ2) is 8.75. The van der Waals surface area contributed by atoms with Gasteiger partial charge in [0.15, 0.2) is 11.5 Å². The Labute approximate surface area is 156 Å². The molecule has 4 heteroatoms. The summed E-state index contributed by atoms with van der Waals surface area (Å²) in [5, 5.41) is 0. The number of methoxy groups -OCH3 is 2. The maximum atomic E-state index is 13.0. The molecule has 0 N–H and O–H groups in total. The molecular formula is C22H29NO3. The smallest absolute Gasteiger partial charge is 0.227 e. The van der Waals surface area contributed by atoms with Gasteiger partial charge >= 0.3 is 0 Å². The highest BCUT2D eigenvalue weighted by Crippen LogP contribution is 2.32. The maximum Gasteiger partial charge on any atom is 0.227 e. The quantitative estimate of drug-likeness (QED) is 0.723. The minimum Gasteiger partial charge on any atom is -0.493 e. The normalized spacial score (nSPS) is 10.7. The topological polar surface area (TPSA) is 38.8 Å². The summed E-state index contributed by atoms with van der Waals surface area (Å²) >= 11 is 0. The Kier molecular flexibility index (Phi) is 6.67. The summed E-state index contributed by atoms with van der Waals surface area (Å²) in [7, 11) is 3.24. The van der Waals surface area contributed by atoms with Crippen molar-refractivity contribution in [2.75, 3.05) is 19.1 Å². The van der Waals surface area contributed by atoms with Crippen LogP contribution in [0.15, 0.2) is 36.4 Å². The first-order valence-electron chi connectivity index (χ1n) is 8.98. The molecule has 0 aromatic heterocycles. The van der Waals surface area contributed by atoms with Gasteiger partial charge in [-0.25, -0.2) is 0 Å². The average Bonchev–Trinajstić information content (AvgIpc) is 2.62. The lowest BCUT2D eigenvalue weighted by Gasteiger charge is -2.29. The Morgan fingerprint density at radius 3 is 2.42 bits per heavy atom. The molecule has 26 heavy (non-hydrogen) atoms. The van der Waals surface area contributed by atoms with Gasteiger partial charge in [-0.05, 0) is 62.9 Å². The van der Waals surface area contributed by atoms with Crippen LogP contribution in [0.2, 0.25) is 0 Å². The highest BCUT2D eigenvalue weighted by molar-refractivity contribution is 5.94. The summed E-state index contributed by atoms with van der Waals surface area (Å²) in [6, 6.07) is 12.1. The van der Waals surface area contributed by atoms with E-state index in [9.17, 15) is 4.79 Å². The van der Waals surface area contributed by atoms with E-state index in [4.69, 9.17) is 9.47 Å². The Morgan fingerprint density at radius 1 is 1.08 bits per heavy atom. The zero-order valence-corrected chi connectivity index (χ0v) is 16.6. The van der Waals surface area contributed by atoms with Crippen molar-refractivity contribution < 1.29 is 14.3 Å². The molecular weight excluding hydrogens is 326 g/mol. The van der Waals surface area contributed by atoms with Crippen molar-refractivity contribution >= 4 is 11.6 Å². The second-order valence-corrected chi connectivity index (χ2v) is 6.80. The molecule has 0 radical (unpaired) electrons. The minimum atomic E-state index is 0.0928. The fourth-order valence-electron chi connectivity index (χ4n) is 3.19. The molecule has 0 saturated carbocycles. The van der Waals surface area contributed by atoms with E-state index in [0.29, 0.717) is 24.3 Å². The Bertz CT molecular complexity index is 768. The molecule has 140 valence electrons. The summed E-state index contributed by atoms with van der Waals surface area (Å²) in [5.41, 5.74) is 4.22. The van der Waals surface area contributed by atoms with Crippen molar-refractivity contribution in [3.63, 3.8) is 0 Å². The van der Waals surface area contributed by atoms with Crippen LogP contribution in [-0.4, -0.2) is 26.2 Å². The van der Waals surface area contributed by atoms with Gasteiger partial charge in [-0.15, -0.1) is 0 Å². The number of hydrogen-bond donors (Lipinski definition) is 0. The molecule has 0 fully saturated rings. The van der Waals surface area contributed by atoms with Crippen molar-refractivity contribution in [2.45, 2.75) is 46.6 Å². The largest absolute Gasteiger partial charge is 0.493 e. The van der Waals surface area contributed by atoms with E-state index >= 15 is 0 Å². The number of carbonyl (C=O) groups excluding carboxylic acids is 1. The summed E-state index contributed by atoms with van der Waals surface area (Å²) in [6.07, 6.45) is 1.02. The minimum absolute atomic E-state index is 0.0928. The molecule has 4 nitrogen and oxygen atoms in total. The van der Waals surface area contributed by atoms with Crippen LogP contribution < -0.4 is 14.4 Å². The lowest BCUT2D eigenvalue weighted by Crippen LogP contribution is -2.37. The number of amides is 1. The predicted octanol–water partition coefficient (Wildman–Crippen LogP) is 4.69. The number of ether oxygens (including phenoxy) is 2. The van der Waals surface area contributed by atoms with E-state index in [0.717, 1.165) is 22.4 Å². The molecule has 0 unspecified atom stereocenters. The zero-order valence-electron chi connectivity index (χ0n) is 16.6. The summed E-state index contributed by atoms with van der Waals surface area (Å²) in [4.78, 5) is 14.9. The van der Waals surface area contributed by atoms with Crippen LogP contribution >= 0.6 is 0 Å². The molecule has 0 heterocycles. The highest BCUT2D eigenvalue weighted by atomic mass is 16.5. The van der Waals surface area contributed by atoms with Crippen molar-refractivity contribution in [1.29, 1.82) is 0 Å². The lowest BCUT2D eigenvalue weighted by atomic mass is 10.0. The maximum absolute atomic E-state index is 13.0. The van der Waals surface area contributed by atoms with E-state index in [-0.39, 0.29) is 11.9 Å². The van der Waals surface area contributed by atoms with Crippen LogP contribution in [0.4, 0.5) is 5.69 Å². The SMILES string of the molecule is COc1cccc(CCC(=O)N(c2cc(C)ccc2C)C(C)C)c1OC. The number of carbonyl (C=O) groups is 1. The fourth-order valence-corrected chi connectivity index (χ4v) is 3.19. The fraction of sp³-hybridized carbons (Fsp3) is 0.409. The first-order chi connectivity index (χ1) is 12.4. The Balaban J connectivity index is 2.23. The second-order valence-electron chi connectivity index (χ2n) is 6.80. The van der Waals surface area contributed by atoms with Gasteiger partial charge in [0.25, 0.3) is 0 Å². The molecule has 2 rings (SSSR count). The highest BCUT2D eigenvalue weighted by Gasteiger charge is 2.21. The van der Waals surface area contributed by atoms with E-state index in [1.165, 1.54) is 0 Å². The van der Waals surface area contributed by atoms with Crippen LogP contribution in [0, 0.1) is 13.8 Å². The zero-order chi connectivity index (χ0) is 19.3. The van der Waals surface area contributed by atoms with Gasteiger partial charge in [0.05, 0.1) is 14.2 Å². The van der Waals surface area contributed by atoms with E-state index in [1.807, 2.05) is 50.8 Å². The molecule has 2 aromatic carbocycles. The molecule has 0 spiro atoms. The van der Waals surface area contributed by atoms with Crippen molar-refractivity contribution in [3.8, 4) is 11.5 Å². The van der Waals surface area contributed by atoms with Crippen LogP contribution in [0.5, 0.6) is 11.5 Å². The summed E-state index contributed by atoms with van der Waals surface area (Å²) < 4.78 is 10.8. The molecule has 0 aliphatic heterocycles. The third kappa shape index (κ3) is 4.37. The molecule has 0 atom stereocenters. The van der Waals surface area contributed by atoms with Crippen LogP contribution in [0.3, 0.4) is 0 Å². The van der Waals surface area contributed by atoms with Gasteiger partial charge in [-0.2, -0.15) is 0 Å². The number of aryl methyl sites for hydroxylation is 3. The first-order valence-corrected chi connectivity index (χ1v) is 8.98. The lowest BCUT2D eigenvalue weighted by molar-refractivity contribution is -0.118. The van der Waals surface area contributed by atoms with E-state index in [2.05, 4.69) is 18.2 Å². The van der Waals surface area contributed by atoms with Gasteiger partial charge in [-0.3, -0.25) is 4.79 Å². The first kappa shape index (κ1) is 19.8. The third-order valence-corrected chi connectivity index (χ3v) is 4.50. The van der Waals surface area contributed by atoms with Crippen molar-refractivity contribution in [3.05, 3.63) is 53.1 Å². The number of para-hydroxylation sites is 1. The van der Waals surface area contributed by atoms with Gasteiger partial charge in [0.1, 0.15) is 0 Å². The van der Waals surface area contributed by atoms with Crippen LogP contribution in [0.25, 0.3) is 0 Å². The van der Waals surface area contributed by atoms with E-state index in [1.54, 1.807) is 14.2 Å². The van der Waals surface area contributed by atoms with Gasteiger partial charge in [-0.1, -0.05) is 24.3 Å². The van der Waals surface area contributed by atoms with Crippen molar-refractivity contribution in [2.24, 2.45) is 0 Å². The summed E-state index contributed by atoms with van der Waals surface area (Å²) in [6.45, 7) is 8.19. The van der Waals surface area contributed by atoms with Crippen molar-refractivity contribution in [1.82, 2.24) is 0 Å². The number of benzene rings is 2. The number of hydrogen-bond acceptors (Lipinski definition) is 3. The van der Waals surface area contributed by atoms with Crippen LogP contribution in [-0.2, 0) is 11.2 Å². The molecule has 0 aliphatic rings. The molecule has 0 saturated heterocycles. The number of nitrogens with zero attached hydrogens (tertiary/aromatic N) is 1. The molecule has 1 amide bonds. The Morgan fingerprint density at radius 2 is 1.81 bits per heavy atom. The number of rotatable bonds is 7.